The largest absolute Gasteiger partial charge is 0.493 e. The van der Waals surface area contributed by atoms with E-state index in [2.05, 4.69) is 11.1 Å². The first-order valence-corrected chi connectivity index (χ1v) is 10.9. The fourth-order valence-corrected chi connectivity index (χ4v) is 4.65. The number of methoxy groups -OCH3 is 2. The maximum Gasteiger partial charge on any atom is 0.338 e. The van der Waals surface area contributed by atoms with Gasteiger partial charge in [-0.15, -0.1) is 0 Å². The molecule has 0 amide bonds. The lowest BCUT2D eigenvalue weighted by Crippen LogP contribution is -2.38. The molecule has 0 radical (unpaired) electrons. The van der Waals surface area contributed by atoms with Gasteiger partial charge < -0.3 is 19.9 Å². The molecule has 2 aromatic rings. The molecule has 9 heteroatoms. The van der Waals surface area contributed by atoms with Gasteiger partial charge in [0.2, 0.25) is 0 Å². The van der Waals surface area contributed by atoms with Crippen molar-refractivity contribution >= 4 is 22.9 Å². The summed E-state index contributed by atoms with van der Waals surface area (Å²) in [6, 6.07) is 16.7. The normalized spacial score (nSPS) is 17.3. The molecule has 1 atom stereocenters. The molecule has 0 saturated heterocycles. The van der Waals surface area contributed by atoms with E-state index in [1.54, 1.807) is 31.1 Å². The van der Waals surface area contributed by atoms with Crippen molar-refractivity contribution in [1.29, 1.82) is 5.26 Å². The van der Waals surface area contributed by atoms with Crippen molar-refractivity contribution in [2.45, 2.75) is 19.6 Å². The molecular weight excluding hydrogens is 440 g/mol. The van der Waals surface area contributed by atoms with Crippen LogP contribution in [0.2, 0.25) is 0 Å². The highest BCUT2D eigenvalue weighted by molar-refractivity contribution is 8.17. The summed E-state index contributed by atoms with van der Waals surface area (Å²) in [5, 5.41) is 10.00. The molecule has 0 bridgehead atoms. The topological polar surface area (TPSA) is 110 Å². The average Bonchev–Trinajstić information content (AvgIpc) is 3.16. The van der Waals surface area contributed by atoms with E-state index in [0.29, 0.717) is 45.0 Å². The van der Waals surface area contributed by atoms with E-state index in [0.717, 1.165) is 5.56 Å². The van der Waals surface area contributed by atoms with Crippen LogP contribution in [-0.4, -0.2) is 30.3 Å². The number of rotatable bonds is 6. The highest BCUT2D eigenvalue weighted by atomic mass is 32.2. The lowest BCUT2D eigenvalue weighted by molar-refractivity contribution is -0.136. The number of hydrogen-bond acceptors (Lipinski definition) is 9. The van der Waals surface area contributed by atoms with Gasteiger partial charge >= 0.3 is 5.97 Å². The molecule has 0 fully saturated rings. The van der Waals surface area contributed by atoms with Crippen LogP contribution in [0, 0.1) is 11.3 Å². The third-order valence-corrected chi connectivity index (χ3v) is 6.30. The number of thioether (sulfide) groups is 1. The van der Waals surface area contributed by atoms with Crippen molar-refractivity contribution < 1.29 is 19.0 Å². The predicted octanol–water partition coefficient (Wildman–Crippen LogP) is 3.83. The zero-order valence-corrected chi connectivity index (χ0v) is 19.2. The molecule has 0 aromatic heterocycles. The Balaban J connectivity index is 1.74. The van der Waals surface area contributed by atoms with Gasteiger partial charge in [0.25, 0.3) is 0 Å². The van der Waals surface area contributed by atoms with Gasteiger partial charge in [-0.25, -0.2) is 9.79 Å². The standard InChI is InChI=1S/C24H22N4O4S/c1-14-20(23(29)31-3)21(28-22(26)19(12-25)33-24(28)27-14)16-9-10-17(18(11-16)30-2)32-13-15-7-5-4-6-8-15/h4-11,21H,13,26H2,1-3H3/t21-/m1/s1. The second kappa shape index (κ2) is 9.30. The monoisotopic (exact) mass is 462 g/mol. The molecular formula is C24H22N4O4S. The maximum absolute atomic E-state index is 12.7. The van der Waals surface area contributed by atoms with Crippen LogP contribution in [0.5, 0.6) is 11.5 Å². The number of allylic oxidation sites excluding steroid dienone is 2. The lowest BCUT2D eigenvalue weighted by atomic mass is 9.94. The van der Waals surface area contributed by atoms with E-state index in [-0.39, 0.29) is 5.82 Å². The third-order valence-electron chi connectivity index (χ3n) is 5.32. The zero-order valence-electron chi connectivity index (χ0n) is 18.4. The molecule has 4 rings (SSSR count). The summed E-state index contributed by atoms with van der Waals surface area (Å²) >= 11 is 1.17. The molecule has 8 nitrogen and oxygen atoms in total. The van der Waals surface area contributed by atoms with Crippen molar-refractivity contribution in [1.82, 2.24) is 4.90 Å². The smallest absolute Gasteiger partial charge is 0.338 e. The van der Waals surface area contributed by atoms with Crippen LogP contribution in [0.15, 0.2) is 75.5 Å². The molecule has 2 heterocycles. The van der Waals surface area contributed by atoms with Gasteiger partial charge in [-0.2, -0.15) is 5.26 Å². The summed E-state index contributed by atoms with van der Waals surface area (Å²) in [7, 11) is 2.87. The first-order chi connectivity index (χ1) is 16.0. The number of benzene rings is 2. The van der Waals surface area contributed by atoms with E-state index in [1.165, 1.54) is 18.9 Å². The van der Waals surface area contributed by atoms with Crippen molar-refractivity contribution in [3.05, 3.63) is 81.7 Å². The average molecular weight is 463 g/mol. The Morgan fingerprint density at radius 2 is 1.97 bits per heavy atom. The van der Waals surface area contributed by atoms with E-state index in [9.17, 15) is 10.1 Å². The van der Waals surface area contributed by atoms with Gasteiger partial charge in [-0.05, 0) is 41.9 Å². The zero-order chi connectivity index (χ0) is 23.5. The number of esters is 1. The van der Waals surface area contributed by atoms with Crippen molar-refractivity contribution in [3.63, 3.8) is 0 Å². The first kappa shape index (κ1) is 22.3. The van der Waals surface area contributed by atoms with Crippen LogP contribution < -0.4 is 15.2 Å². The summed E-state index contributed by atoms with van der Waals surface area (Å²) < 4.78 is 16.6. The van der Waals surface area contributed by atoms with Gasteiger partial charge in [-0.3, -0.25) is 4.90 Å². The SMILES string of the molecule is COC(=O)C1=C(C)N=C2SC(C#N)=C(N)N2[C@@H]1c1ccc(OCc2ccccc2)c(OC)c1. The van der Waals surface area contributed by atoms with E-state index in [4.69, 9.17) is 19.9 Å². The van der Waals surface area contributed by atoms with Crippen LogP contribution in [0.3, 0.4) is 0 Å². The van der Waals surface area contributed by atoms with E-state index < -0.39 is 12.0 Å². The molecule has 2 aromatic carbocycles. The quantitative estimate of drug-likeness (QED) is 0.645. The Morgan fingerprint density at radius 3 is 2.64 bits per heavy atom. The number of aliphatic imine (C=N–C) groups is 1. The summed E-state index contributed by atoms with van der Waals surface area (Å²) in [5.41, 5.74) is 8.87. The Morgan fingerprint density at radius 1 is 1.21 bits per heavy atom. The van der Waals surface area contributed by atoms with Crippen LogP contribution in [0.4, 0.5) is 0 Å². The number of fused-ring (bicyclic) bond motifs is 1. The third kappa shape index (κ3) is 4.13. The van der Waals surface area contributed by atoms with Crippen LogP contribution in [-0.2, 0) is 16.1 Å². The van der Waals surface area contributed by atoms with Crippen molar-refractivity contribution in [2.24, 2.45) is 10.7 Å². The fraction of sp³-hybridized carbons (Fsp3) is 0.208. The van der Waals surface area contributed by atoms with Crippen molar-refractivity contribution in [3.8, 4) is 17.6 Å². The highest BCUT2D eigenvalue weighted by Gasteiger charge is 2.42. The highest BCUT2D eigenvalue weighted by Crippen LogP contribution is 2.46. The predicted molar refractivity (Wildman–Crippen MR) is 125 cm³/mol. The van der Waals surface area contributed by atoms with Crippen molar-refractivity contribution in [2.75, 3.05) is 14.2 Å². The number of amidine groups is 1. The van der Waals surface area contributed by atoms with Gasteiger partial charge in [0.1, 0.15) is 23.4 Å². The fourth-order valence-electron chi connectivity index (χ4n) is 3.74. The summed E-state index contributed by atoms with van der Waals surface area (Å²) in [4.78, 5) is 19.2. The number of hydrogen-bond donors (Lipinski definition) is 1. The minimum atomic E-state index is -0.639. The minimum Gasteiger partial charge on any atom is -0.493 e. The Bertz CT molecular complexity index is 1230. The molecule has 2 aliphatic rings. The number of nitrogens with zero attached hydrogens (tertiary/aromatic N) is 3. The number of carbonyl (C=O) groups is 1. The maximum atomic E-state index is 12.7. The summed E-state index contributed by atoms with van der Waals surface area (Å²) in [6.07, 6.45) is 0. The molecule has 33 heavy (non-hydrogen) atoms. The van der Waals surface area contributed by atoms with Crippen LogP contribution >= 0.6 is 11.8 Å². The second-order valence-corrected chi connectivity index (χ2v) is 8.25. The Hall–Kier alpha value is -3.90. The van der Waals surface area contributed by atoms with Gasteiger partial charge in [-0.1, -0.05) is 36.4 Å². The number of nitrogens with two attached hydrogens (primary N) is 1. The number of nitriles is 1. The van der Waals surface area contributed by atoms with Crippen LogP contribution in [0.1, 0.15) is 24.1 Å². The molecule has 168 valence electrons. The molecule has 0 unspecified atom stereocenters. The Kier molecular flexibility index (Phi) is 6.29. The van der Waals surface area contributed by atoms with Gasteiger partial charge in [0, 0.05) is 0 Å². The minimum absolute atomic E-state index is 0.239. The molecule has 0 spiro atoms. The number of ether oxygens (including phenoxy) is 3. The Labute approximate surface area is 195 Å². The number of carbonyl (C=O) groups excluding carboxylic acids is 1. The van der Waals surface area contributed by atoms with Crippen LogP contribution in [0.25, 0.3) is 0 Å². The summed E-state index contributed by atoms with van der Waals surface area (Å²) in [6.45, 7) is 2.12. The molecule has 2 N–H and O–H groups in total. The van der Waals surface area contributed by atoms with E-state index in [1.807, 2.05) is 36.4 Å². The molecule has 2 aliphatic heterocycles. The van der Waals surface area contributed by atoms with E-state index >= 15 is 0 Å². The van der Waals surface area contributed by atoms with Gasteiger partial charge in [0.15, 0.2) is 16.7 Å². The first-order valence-electron chi connectivity index (χ1n) is 10.1. The van der Waals surface area contributed by atoms with Gasteiger partial charge in [0.05, 0.1) is 31.5 Å². The second-order valence-electron chi connectivity index (χ2n) is 7.27. The summed E-state index contributed by atoms with van der Waals surface area (Å²) in [5.74, 6) is 0.784. The molecule has 0 saturated carbocycles. The molecule has 0 aliphatic carbocycles. The lowest BCUT2D eigenvalue weighted by Gasteiger charge is -2.34.